The Balaban J connectivity index is 1.70. The number of alkyl halides is 3. The van der Waals surface area contributed by atoms with E-state index in [-0.39, 0.29) is 46.5 Å². The molecule has 2 aromatic heterocycles. The molecule has 14 heteroatoms. The third-order valence-corrected chi connectivity index (χ3v) is 9.15. The number of halogens is 3. The third-order valence-electron chi connectivity index (χ3n) is 6.25. The summed E-state index contributed by atoms with van der Waals surface area (Å²) in [4.78, 5) is 24.8. The summed E-state index contributed by atoms with van der Waals surface area (Å²) in [6.07, 6.45) is -2.65. The van der Waals surface area contributed by atoms with Crippen molar-refractivity contribution < 1.29 is 35.9 Å². The Morgan fingerprint density at radius 3 is 2.56 bits per heavy atom. The zero-order valence-electron chi connectivity index (χ0n) is 21.1. The van der Waals surface area contributed by atoms with Gasteiger partial charge in [0.05, 0.1) is 33.9 Å². The summed E-state index contributed by atoms with van der Waals surface area (Å²) in [7, 11) is -1.59. The van der Waals surface area contributed by atoms with Crippen molar-refractivity contribution in [3.05, 3.63) is 51.3 Å². The van der Waals surface area contributed by atoms with E-state index in [1.165, 1.54) is 29.9 Å². The first kappa shape index (κ1) is 28.6. The maximum absolute atomic E-state index is 13.9. The number of sulfone groups is 1. The Hall–Kier alpha value is -3.39. The zero-order valence-corrected chi connectivity index (χ0v) is 22.7. The number of carbonyl (C=O) groups is 1. The number of esters is 1. The molecule has 0 unspecified atom stereocenters. The summed E-state index contributed by atoms with van der Waals surface area (Å²) >= 11 is 1.08. The van der Waals surface area contributed by atoms with Crippen molar-refractivity contribution in [3.8, 4) is 16.9 Å². The fourth-order valence-corrected chi connectivity index (χ4v) is 6.86. The van der Waals surface area contributed by atoms with Crippen LogP contribution < -0.4 is 15.6 Å². The number of nitrogens with zero attached hydrogens (tertiary/aromatic N) is 1. The molecule has 1 saturated heterocycles. The van der Waals surface area contributed by atoms with Crippen molar-refractivity contribution in [1.82, 2.24) is 9.88 Å². The second kappa shape index (κ2) is 11.0. The van der Waals surface area contributed by atoms with E-state index in [1.54, 1.807) is 6.92 Å². The summed E-state index contributed by atoms with van der Waals surface area (Å²) in [5.41, 5.74) is -0.956. The first-order chi connectivity index (χ1) is 18.3. The molecule has 0 bridgehead atoms. The number of hydrogen-bond acceptors (Lipinski definition) is 8. The summed E-state index contributed by atoms with van der Waals surface area (Å²) < 4.78 is 76.7. The summed E-state index contributed by atoms with van der Waals surface area (Å²) in [5, 5.41) is 11.7. The molecule has 0 atom stereocenters. The Bertz CT molecular complexity index is 1580. The lowest BCUT2D eigenvalue weighted by Crippen LogP contribution is -2.40. The lowest BCUT2D eigenvalue weighted by atomic mass is 10.0. The van der Waals surface area contributed by atoms with Gasteiger partial charge >= 0.3 is 12.1 Å². The number of fused-ring (bicyclic) bond motifs is 1. The predicted octanol–water partition coefficient (Wildman–Crippen LogP) is 3.72. The summed E-state index contributed by atoms with van der Waals surface area (Å²) in [5.74, 6) is -1.28. The number of pyridine rings is 1. The Kier molecular flexibility index (Phi) is 8.07. The van der Waals surface area contributed by atoms with Gasteiger partial charge in [-0.2, -0.15) is 13.2 Å². The molecule has 2 N–H and O–H groups in total. The van der Waals surface area contributed by atoms with Gasteiger partial charge in [-0.05, 0) is 43.5 Å². The lowest BCUT2D eigenvalue weighted by molar-refractivity contribution is -0.147. The number of aryl methyl sites for hydroxylation is 1. The number of ether oxygens (including phenoxy) is 2. The number of benzene rings is 1. The maximum atomic E-state index is 13.9. The average Bonchev–Trinajstić information content (AvgIpc) is 3.32. The molecule has 0 amide bonds. The standard InChI is InChI=1S/C25H26F3N3O6S2/c1-3-36-21(32)13-37-19-5-4-14(10-18(19)25(26,27)28)17-12-31(2)24(33)16-11-20(38-22(16)17)23(29)30-15-6-8-39(34,35)9-7-15/h4-5,10-12,15H,3,6-9,13H2,1-2H3,(H2,29,30). The highest BCUT2D eigenvalue weighted by Gasteiger charge is 2.35. The molecule has 4 rings (SSSR count). The van der Waals surface area contributed by atoms with Crippen LogP contribution >= 0.6 is 11.3 Å². The fourth-order valence-electron chi connectivity index (χ4n) is 4.27. The van der Waals surface area contributed by atoms with Crippen molar-refractivity contribution in [3.63, 3.8) is 0 Å². The predicted molar refractivity (Wildman–Crippen MR) is 141 cm³/mol. The van der Waals surface area contributed by atoms with Gasteiger partial charge in [0.1, 0.15) is 21.4 Å². The molecule has 1 fully saturated rings. The van der Waals surface area contributed by atoms with Crippen LogP contribution in [-0.2, 0) is 32.6 Å². The normalized spacial score (nSPS) is 15.7. The molecule has 1 aromatic carbocycles. The Labute approximate surface area is 226 Å². The van der Waals surface area contributed by atoms with E-state index in [4.69, 9.17) is 14.9 Å². The van der Waals surface area contributed by atoms with E-state index in [0.29, 0.717) is 28.0 Å². The summed E-state index contributed by atoms with van der Waals surface area (Å²) in [6, 6.07) is 4.71. The minimum absolute atomic E-state index is 0.00666. The number of rotatable bonds is 7. The molecule has 1 aliphatic rings. The minimum atomic E-state index is -4.79. The monoisotopic (exact) mass is 585 g/mol. The van der Waals surface area contributed by atoms with E-state index in [2.05, 4.69) is 5.32 Å². The van der Waals surface area contributed by atoms with Crippen LogP contribution in [0.4, 0.5) is 13.2 Å². The van der Waals surface area contributed by atoms with E-state index < -0.39 is 39.9 Å². The van der Waals surface area contributed by atoms with Crippen molar-refractivity contribution in [2.75, 3.05) is 24.7 Å². The van der Waals surface area contributed by atoms with Gasteiger partial charge in [0.15, 0.2) is 6.61 Å². The van der Waals surface area contributed by atoms with E-state index in [9.17, 15) is 31.2 Å². The molecule has 1 aliphatic heterocycles. The number of hydrogen-bond donors (Lipinski definition) is 2. The van der Waals surface area contributed by atoms with Crippen molar-refractivity contribution in [2.45, 2.75) is 32.0 Å². The minimum Gasteiger partial charge on any atom is -0.481 e. The van der Waals surface area contributed by atoms with Crippen molar-refractivity contribution in [2.24, 2.45) is 7.05 Å². The van der Waals surface area contributed by atoms with E-state index in [1.807, 2.05) is 0 Å². The highest BCUT2D eigenvalue weighted by atomic mass is 32.2. The van der Waals surface area contributed by atoms with Crippen LogP contribution in [-0.4, -0.2) is 55.6 Å². The smallest absolute Gasteiger partial charge is 0.419 e. The van der Waals surface area contributed by atoms with Crippen molar-refractivity contribution >= 4 is 43.1 Å². The highest BCUT2D eigenvalue weighted by molar-refractivity contribution is 7.91. The van der Waals surface area contributed by atoms with Crippen LogP contribution in [0.2, 0.25) is 0 Å². The van der Waals surface area contributed by atoms with Crippen LogP contribution in [0, 0.1) is 5.41 Å². The zero-order chi connectivity index (χ0) is 28.5. The number of thiophene rings is 1. The van der Waals surface area contributed by atoms with Crippen LogP contribution in [0.3, 0.4) is 0 Å². The Morgan fingerprint density at radius 1 is 1.23 bits per heavy atom. The highest BCUT2D eigenvalue weighted by Crippen LogP contribution is 2.41. The van der Waals surface area contributed by atoms with Gasteiger partial charge in [-0.15, -0.1) is 11.3 Å². The van der Waals surface area contributed by atoms with Gasteiger partial charge in [0.25, 0.3) is 5.56 Å². The molecule has 3 aromatic rings. The molecule has 0 spiro atoms. The van der Waals surface area contributed by atoms with Gasteiger partial charge in [0, 0.05) is 29.5 Å². The van der Waals surface area contributed by atoms with E-state index in [0.717, 1.165) is 23.5 Å². The molecular formula is C25H26F3N3O6S2. The average molecular weight is 586 g/mol. The van der Waals surface area contributed by atoms with Gasteiger partial charge < -0.3 is 19.4 Å². The molecule has 3 heterocycles. The van der Waals surface area contributed by atoms with E-state index >= 15 is 0 Å². The third kappa shape index (κ3) is 6.44. The molecule has 0 saturated carbocycles. The molecule has 210 valence electrons. The van der Waals surface area contributed by atoms with Crippen LogP contribution in [0.1, 0.15) is 30.2 Å². The number of carbonyl (C=O) groups excluding carboxylic acids is 1. The topological polar surface area (TPSA) is 128 Å². The molecule has 0 aliphatic carbocycles. The van der Waals surface area contributed by atoms with Gasteiger partial charge in [-0.25, -0.2) is 13.2 Å². The molecule has 39 heavy (non-hydrogen) atoms. The van der Waals surface area contributed by atoms with Gasteiger partial charge in [0.2, 0.25) is 0 Å². The number of aromatic nitrogens is 1. The molecule has 9 nitrogen and oxygen atoms in total. The van der Waals surface area contributed by atoms with Crippen LogP contribution in [0.15, 0.2) is 35.3 Å². The quantitative estimate of drug-likeness (QED) is 0.246. The second-order valence-corrected chi connectivity index (χ2v) is 12.4. The molecular weight excluding hydrogens is 559 g/mol. The number of amidine groups is 1. The fraction of sp³-hybridized carbons (Fsp3) is 0.400. The SMILES string of the molecule is CCOC(=O)COc1ccc(-c2cn(C)c(=O)c3cc(C(=N)NC4CCS(=O)(=O)CC4)sc23)cc1C(F)(F)F. The Morgan fingerprint density at radius 2 is 1.92 bits per heavy atom. The largest absolute Gasteiger partial charge is 0.481 e. The first-order valence-electron chi connectivity index (χ1n) is 12.0. The van der Waals surface area contributed by atoms with Crippen molar-refractivity contribution in [1.29, 1.82) is 5.41 Å². The second-order valence-electron chi connectivity index (χ2n) is 9.06. The molecule has 0 radical (unpaired) electrons. The van der Waals surface area contributed by atoms with Crippen LogP contribution in [0.5, 0.6) is 5.75 Å². The number of nitrogens with one attached hydrogen (secondary N) is 2. The summed E-state index contributed by atoms with van der Waals surface area (Å²) in [6.45, 7) is 0.947. The van der Waals surface area contributed by atoms with Gasteiger partial charge in [-0.1, -0.05) is 6.07 Å². The van der Waals surface area contributed by atoms with Gasteiger partial charge in [-0.3, -0.25) is 10.2 Å². The maximum Gasteiger partial charge on any atom is 0.419 e. The first-order valence-corrected chi connectivity index (χ1v) is 14.6. The van der Waals surface area contributed by atoms with Crippen LogP contribution in [0.25, 0.3) is 21.2 Å². The lowest BCUT2D eigenvalue weighted by Gasteiger charge is -2.23.